The molecule has 0 saturated heterocycles. The van der Waals surface area contributed by atoms with Crippen molar-refractivity contribution in [1.29, 1.82) is 0 Å². The van der Waals surface area contributed by atoms with Crippen LogP contribution in [0.25, 0.3) is 0 Å². The molecule has 0 aromatic rings. The molecule has 0 aliphatic rings. The van der Waals surface area contributed by atoms with Gasteiger partial charge < -0.3 is 10.2 Å². The van der Waals surface area contributed by atoms with Crippen LogP contribution in [0.2, 0.25) is 0 Å². The molecule has 0 radical (unpaired) electrons. The van der Waals surface area contributed by atoms with Crippen LogP contribution in [0.5, 0.6) is 0 Å². The number of unbranched alkanes of at least 4 members (excludes halogenated alkanes) is 4. The van der Waals surface area contributed by atoms with Crippen molar-refractivity contribution >= 4 is 5.97 Å². The number of carboxylic acid groups (broad SMARTS) is 1. The van der Waals surface area contributed by atoms with Crippen molar-refractivity contribution in [2.45, 2.75) is 83.7 Å². The van der Waals surface area contributed by atoms with E-state index in [-0.39, 0.29) is 12.5 Å². The molecule has 23 heavy (non-hydrogen) atoms. The highest BCUT2D eigenvalue weighted by molar-refractivity contribution is 5.66. The molecule has 0 bridgehead atoms. The highest BCUT2D eigenvalue weighted by Gasteiger charge is 1.98. The Morgan fingerprint density at radius 2 is 1.57 bits per heavy atom. The average Bonchev–Trinajstić information content (AvgIpc) is 2.52. The van der Waals surface area contributed by atoms with Gasteiger partial charge in [-0.1, -0.05) is 56.2 Å². The van der Waals surface area contributed by atoms with Crippen molar-refractivity contribution in [3.05, 3.63) is 36.5 Å². The molecule has 3 nitrogen and oxygen atoms in total. The summed E-state index contributed by atoms with van der Waals surface area (Å²) in [5.74, 6) is -0.729. The second-order valence-corrected chi connectivity index (χ2v) is 5.90. The molecule has 0 aliphatic heterocycles. The molecule has 3 heteroatoms. The van der Waals surface area contributed by atoms with E-state index in [9.17, 15) is 9.90 Å². The summed E-state index contributed by atoms with van der Waals surface area (Å²) >= 11 is 0. The van der Waals surface area contributed by atoms with Gasteiger partial charge in [0.1, 0.15) is 0 Å². The van der Waals surface area contributed by atoms with Gasteiger partial charge in [-0.15, -0.1) is 0 Å². The summed E-state index contributed by atoms with van der Waals surface area (Å²) in [4.78, 5) is 10.3. The Bertz CT molecular complexity index is 356. The summed E-state index contributed by atoms with van der Waals surface area (Å²) in [6.07, 6.45) is 22.3. The lowest BCUT2D eigenvalue weighted by Crippen LogP contribution is -2.03. The molecule has 0 aromatic carbocycles. The molecule has 0 saturated carbocycles. The van der Waals surface area contributed by atoms with Crippen molar-refractivity contribution in [3.63, 3.8) is 0 Å². The summed E-state index contributed by atoms with van der Waals surface area (Å²) in [5, 5.41) is 18.4. The van der Waals surface area contributed by atoms with Crippen LogP contribution >= 0.6 is 0 Å². The van der Waals surface area contributed by atoms with Crippen LogP contribution in [0.15, 0.2) is 36.5 Å². The molecule has 0 aromatic heterocycles. The van der Waals surface area contributed by atoms with Crippen molar-refractivity contribution < 1.29 is 15.0 Å². The maximum absolute atomic E-state index is 10.3. The van der Waals surface area contributed by atoms with Gasteiger partial charge in [-0.3, -0.25) is 4.79 Å². The van der Waals surface area contributed by atoms with Crippen LogP contribution in [0.3, 0.4) is 0 Å². The monoisotopic (exact) mass is 322 g/mol. The Labute approximate surface area is 141 Å². The number of allylic oxidation sites excluding steroid dienone is 5. The number of aliphatic hydroxyl groups excluding tert-OH is 1. The van der Waals surface area contributed by atoms with E-state index >= 15 is 0 Å². The van der Waals surface area contributed by atoms with E-state index in [0.29, 0.717) is 6.42 Å². The Morgan fingerprint density at radius 3 is 2.26 bits per heavy atom. The summed E-state index contributed by atoms with van der Waals surface area (Å²) < 4.78 is 0. The summed E-state index contributed by atoms with van der Waals surface area (Å²) in [5.41, 5.74) is 0. The molecule has 2 N–H and O–H groups in total. The van der Waals surface area contributed by atoms with Gasteiger partial charge in [0.25, 0.3) is 0 Å². The van der Waals surface area contributed by atoms with E-state index in [1.54, 1.807) is 0 Å². The minimum atomic E-state index is -0.729. The van der Waals surface area contributed by atoms with Gasteiger partial charge in [0.05, 0.1) is 6.10 Å². The largest absolute Gasteiger partial charge is 0.481 e. The number of hydrogen-bond donors (Lipinski definition) is 2. The predicted octanol–water partition coefficient (Wildman–Crippen LogP) is 5.41. The maximum atomic E-state index is 10.3. The standard InChI is InChI=1S/C20H34O3/c1-2-3-4-5-10-13-16-19(21)17-14-11-8-6-7-9-12-15-18-20(22)23/h7-11,13,19,21H,2-6,12,14-18H2,1H3,(H,22,23)/b9-7+,11-8+,13-10+/t19-/m0/s1. The first-order chi connectivity index (χ1) is 11.2. The van der Waals surface area contributed by atoms with E-state index in [1.807, 2.05) is 6.08 Å². The second kappa shape index (κ2) is 17.0. The third-order valence-electron chi connectivity index (χ3n) is 3.58. The van der Waals surface area contributed by atoms with Crippen molar-refractivity contribution in [2.24, 2.45) is 0 Å². The van der Waals surface area contributed by atoms with Crippen molar-refractivity contribution in [1.82, 2.24) is 0 Å². The quantitative estimate of drug-likeness (QED) is 0.313. The van der Waals surface area contributed by atoms with Crippen LogP contribution in [0.4, 0.5) is 0 Å². The molecule has 1 atom stereocenters. The number of aliphatic carboxylic acids is 1. The summed E-state index contributed by atoms with van der Waals surface area (Å²) in [7, 11) is 0. The van der Waals surface area contributed by atoms with Gasteiger partial charge in [0.15, 0.2) is 0 Å². The highest BCUT2D eigenvalue weighted by atomic mass is 16.4. The number of rotatable bonds is 15. The maximum Gasteiger partial charge on any atom is 0.303 e. The molecule has 0 heterocycles. The number of hydrogen-bond acceptors (Lipinski definition) is 2. The zero-order valence-corrected chi connectivity index (χ0v) is 14.6. The van der Waals surface area contributed by atoms with E-state index in [1.165, 1.54) is 19.3 Å². The van der Waals surface area contributed by atoms with E-state index in [4.69, 9.17) is 5.11 Å². The minimum Gasteiger partial charge on any atom is -0.481 e. The Kier molecular flexibility index (Phi) is 16.0. The third kappa shape index (κ3) is 18.6. The van der Waals surface area contributed by atoms with Gasteiger partial charge in [-0.2, -0.15) is 0 Å². The first-order valence-electron chi connectivity index (χ1n) is 9.01. The molecule has 0 amide bonds. The van der Waals surface area contributed by atoms with Crippen LogP contribution in [-0.4, -0.2) is 22.3 Å². The van der Waals surface area contributed by atoms with Crippen LogP contribution in [0, 0.1) is 0 Å². The fourth-order valence-electron chi connectivity index (χ4n) is 2.17. The van der Waals surface area contributed by atoms with Crippen LogP contribution in [0.1, 0.15) is 77.6 Å². The molecule has 0 aliphatic carbocycles. The van der Waals surface area contributed by atoms with Crippen LogP contribution in [-0.2, 0) is 4.79 Å². The number of carboxylic acids is 1. The third-order valence-corrected chi connectivity index (χ3v) is 3.58. The first kappa shape index (κ1) is 21.6. The molecule has 0 spiro atoms. The normalized spacial score (nSPS) is 13.5. The second-order valence-electron chi connectivity index (χ2n) is 5.90. The Hall–Kier alpha value is -1.35. The number of aliphatic hydroxyl groups is 1. The molecule has 0 fully saturated rings. The van der Waals surface area contributed by atoms with Gasteiger partial charge in [0.2, 0.25) is 0 Å². The Morgan fingerprint density at radius 1 is 0.913 bits per heavy atom. The van der Waals surface area contributed by atoms with Crippen molar-refractivity contribution in [3.8, 4) is 0 Å². The smallest absolute Gasteiger partial charge is 0.303 e. The SMILES string of the molecule is CCCCC/C=C/C[C@H](O)CC/C=C/C/C=C/CCCC(=O)O. The molecule has 0 unspecified atom stereocenters. The van der Waals surface area contributed by atoms with Crippen LogP contribution < -0.4 is 0 Å². The molecular weight excluding hydrogens is 288 g/mol. The average molecular weight is 322 g/mol. The fourth-order valence-corrected chi connectivity index (χ4v) is 2.17. The lowest BCUT2D eigenvalue weighted by Gasteiger charge is -2.05. The van der Waals surface area contributed by atoms with Gasteiger partial charge >= 0.3 is 5.97 Å². The first-order valence-corrected chi connectivity index (χ1v) is 9.01. The van der Waals surface area contributed by atoms with E-state index < -0.39 is 5.97 Å². The minimum absolute atomic E-state index is 0.241. The highest BCUT2D eigenvalue weighted by Crippen LogP contribution is 2.06. The predicted molar refractivity (Wildman–Crippen MR) is 97.5 cm³/mol. The van der Waals surface area contributed by atoms with E-state index in [0.717, 1.165) is 38.5 Å². The van der Waals surface area contributed by atoms with Crippen molar-refractivity contribution in [2.75, 3.05) is 0 Å². The van der Waals surface area contributed by atoms with E-state index in [2.05, 4.69) is 37.3 Å². The lowest BCUT2D eigenvalue weighted by molar-refractivity contribution is -0.137. The summed E-state index contributed by atoms with van der Waals surface area (Å²) in [6.45, 7) is 2.20. The zero-order valence-electron chi connectivity index (χ0n) is 14.6. The van der Waals surface area contributed by atoms with Gasteiger partial charge in [-0.25, -0.2) is 0 Å². The molecule has 132 valence electrons. The lowest BCUT2D eigenvalue weighted by atomic mass is 10.1. The topological polar surface area (TPSA) is 57.5 Å². The number of carbonyl (C=O) groups is 1. The van der Waals surface area contributed by atoms with Gasteiger partial charge in [-0.05, 0) is 51.4 Å². The molecule has 0 rings (SSSR count). The van der Waals surface area contributed by atoms with Gasteiger partial charge in [0, 0.05) is 6.42 Å². The molecular formula is C20H34O3. The summed E-state index contributed by atoms with van der Waals surface area (Å²) in [6, 6.07) is 0. The fraction of sp³-hybridized carbons (Fsp3) is 0.650. The Balaban J connectivity index is 3.47. The zero-order chi connectivity index (χ0) is 17.2.